The molecule has 7 heteroatoms. The van der Waals surface area contributed by atoms with Gasteiger partial charge in [0.1, 0.15) is 5.75 Å². The average molecular weight is 302 g/mol. The number of nitrogens with one attached hydrogen (secondary N) is 1. The number of aliphatic hydroxyl groups is 1. The summed E-state index contributed by atoms with van der Waals surface area (Å²) in [7, 11) is 0. The molecule has 1 aliphatic heterocycles. The van der Waals surface area contributed by atoms with Crippen molar-refractivity contribution in [2.75, 3.05) is 13.1 Å². The highest BCUT2D eigenvalue weighted by molar-refractivity contribution is 5.95. The Balaban J connectivity index is 1.70. The van der Waals surface area contributed by atoms with E-state index < -0.39 is 6.10 Å². The van der Waals surface area contributed by atoms with Gasteiger partial charge in [-0.05, 0) is 31.5 Å². The van der Waals surface area contributed by atoms with E-state index in [-0.39, 0.29) is 29.8 Å². The summed E-state index contributed by atoms with van der Waals surface area (Å²) in [4.78, 5) is 17.8. The maximum atomic E-state index is 12.4. The summed E-state index contributed by atoms with van der Waals surface area (Å²) < 4.78 is 0. The van der Waals surface area contributed by atoms with Gasteiger partial charge in [0.25, 0.3) is 5.91 Å². The minimum atomic E-state index is -0.605. The Bertz CT molecular complexity index is 685. The van der Waals surface area contributed by atoms with E-state index in [0.717, 1.165) is 11.4 Å². The highest BCUT2D eigenvalue weighted by Gasteiger charge is 2.35. The number of β-amino-alcohol motifs (C(OH)–C–C–N with tert-alkyl or cyclic N) is 1. The molecule has 0 saturated carbocycles. The third kappa shape index (κ3) is 2.80. The Hall–Kier alpha value is -2.41. The van der Waals surface area contributed by atoms with E-state index in [4.69, 9.17) is 0 Å². The fourth-order valence-electron chi connectivity index (χ4n) is 2.78. The van der Waals surface area contributed by atoms with Crippen LogP contribution in [0.25, 0.3) is 0 Å². The SMILES string of the molecule is Cc1cc(C[C@@H]2CN(C(=O)c3ncccc3O)C[C@H]2O)n[nH]1. The predicted octanol–water partition coefficient (Wildman–Crippen LogP) is 0.494. The van der Waals surface area contributed by atoms with Crippen LogP contribution in [-0.4, -0.2) is 55.4 Å². The zero-order valence-corrected chi connectivity index (χ0v) is 12.2. The summed E-state index contributed by atoms with van der Waals surface area (Å²) in [6.07, 6.45) is 1.46. The van der Waals surface area contributed by atoms with Gasteiger partial charge in [-0.25, -0.2) is 4.98 Å². The van der Waals surface area contributed by atoms with Gasteiger partial charge in [0.2, 0.25) is 0 Å². The van der Waals surface area contributed by atoms with Gasteiger partial charge in [0.05, 0.1) is 11.8 Å². The van der Waals surface area contributed by atoms with Gasteiger partial charge in [-0.1, -0.05) is 0 Å². The van der Waals surface area contributed by atoms with Crippen LogP contribution in [0.4, 0.5) is 0 Å². The number of carbonyl (C=O) groups excluding carboxylic acids is 1. The first kappa shape index (κ1) is 14.5. The Labute approximate surface area is 127 Å². The molecule has 3 N–H and O–H groups in total. The van der Waals surface area contributed by atoms with Crippen molar-refractivity contribution in [3.05, 3.63) is 41.5 Å². The van der Waals surface area contributed by atoms with Gasteiger partial charge in [0.15, 0.2) is 5.69 Å². The number of carbonyl (C=O) groups is 1. The van der Waals surface area contributed by atoms with Crippen LogP contribution in [0.5, 0.6) is 5.75 Å². The molecule has 1 amide bonds. The lowest BCUT2D eigenvalue weighted by Gasteiger charge is -2.15. The molecule has 3 rings (SSSR count). The van der Waals surface area contributed by atoms with Gasteiger partial charge < -0.3 is 15.1 Å². The first-order valence-corrected chi connectivity index (χ1v) is 7.17. The molecule has 0 aliphatic carbocycles. The molecule has 0 radical (unpaired) electrons. The number of aliphatic hydroxyl groups excluding tert-OH is 1. The molecule has 2 aromatic rings. The van der Waals surface area contributed by atoms with Crippen LogP contribution in [0, 0.1) is 12.8 Å². The summed E-state index contributed by atoms with van der Waals surface area (Å²) in [5.41, 5.74) is 1.86. The van der Waals surface area contributed by atoms with Crippen molar-refractivity contribution < 1.29 is 15.0 Å². The van der Waals surface area contributed by atoms with Crippen LogP contribution >= 0.6 is 0 Å². The Morgan fingerprint density at radius 2 is 2.32 bits per heavy atom. The van der Waals surface area contributed by atoms with Gasteiger partial charge in [-0.15, -0.1) is 0 Å². The molecule has 0 bridgehead atoms. The third-order valence-corrected chi connectivity index (χ3v) is 3.91. The molecule has 7 nitrogen and oxygen atoms in total. The first-order valence-electron chi connectivity index (χ1n) is 7.17. The van der Waals surface area contributed by atoms with Gasteiger partial charge in [-0.3, -0.25) is 9.89 Å². The Morgan fingerprint density at radius 3 is 3.00 bits per heavy atom. The number of aryl methyl sites for hydroxylation is 1. The number of aromatic amines is 1. The quantitative estimate of drug-likeness (QED) is 0.766. The number of rotatable bonds is 3. The van der Waals surface area contributed by atoms with Gasteiger partial charge in [-0.2, -0.15) is 5.10 Å². The molecule has 0 spiro atoms. The number of amides is 1. The standard InChI is InChI=1S/C15H18N4O3/c1-9-5-11(18-17-9)6-10-7-19(8-13(10)21)15(22)14-12(20)3-2-4-16-14/h2-5,10,13,20-21H,6-8H2,1H3,(H,17,18)/t10-,13-/m1/s1. The minimum Gasteiger partial charge on any atom is -0.505 e. The number of likely N-dealkylation sites (tertiary alicyclic amines) is 1. The molecule has 1 fully saturated rings. The number of pyridine rings is 1. The average Bonchev–Trinajstić information content (AvgIpc) is 3.06. The normalized spacial score (nSPS) is 21.3. The van der Waals surface area contributed by atoms with Crippen molar-refractivity contribution in [3.8, 4) is 5.75 Å². The molecule has 0 aromatic carbocycles. The van der Waals surface area contributed by atoms with Crippen LogP contribution in [0.2, 0.25) is 0 Å². The van der Waals surface area contributed by atoms with Crippen molar-refractivity contribution in [1.82, 2.24) is 20.1 Å². The third-order valence-electron chi connectivity index (χ3n) is 3.91. The summed E-state index contributed by atoms with van der Waals surface area (Å²) >= 11 is 0. The van der Waals surface area contributed by atoms with Gasteiger partial charge in [0, 0.05) is 30.9 Å². The summed E-state index contributed by atoms with van der Waals surface area (Å²) in [5.74, 6) is -0.580. The molecule has 2 aromatic heterocycles. The van der Waals surface area contributed by atoms with Crippen molar-refractivity contribution >= 4 is 5.91 Å². The van der Waals surface area contributed by atoms with E-state index in [1.54, 1.807) is 6.07 Å². The number of H-pyrrole nitrogens is 1. The Kier molecular flexibility index (Phi) is 3.81. The first-order chi connectivity index (χ1) is 10.5. The molecular formula is C15H18N4O3. The second kappa shape index (κ2) is 5.76. The zero-order chi connectivity index (χ0) is 15.7. The lowest BCUT2D eigenvalue weighted by Crippen LogP contribution is -2.30. The Morgan fingerprint density at radius 1 is 1.50 bits per heavy atom. The second-order valence-electron chi connectivity index (χ2n) is 5.66. The van der Waals surface area contributed by atoms with Crippen molar-refractivity contribution in [3.63, 3.8) is 0 Å². The maximum absolute atomic E-state index is 12.4. The van der Waals surface area contributed by atoms with E-state index in [1.165, 1.54) is 17.2 Å². The highest BCUT2D eigenvalue weighted by atomic mass is 16.3. The summed E-state index contributed by atoms with van der Waals surface area (Å²) in [6, 6.07) is 4.92. The van der Waals surface area contributed by atoms with Crippen LogP contribution in [-0.2, 0) is 6.42 Å². The number of aromatic nitrogens is 3. The largest absolute Gasteiger partial charge is 0.505 e. The molecule has 1 aliphatic rings. The number of hydrogen-bond acceptors (Lipinski definition) is 5. The van der Waals surface area contributed by atoms with E-state index in [0.29, 0.717) is 13.0 Å². The molecule has 1 saturated heterocycles. The van der Waals surface area contributed by atoms with E-state index in [1.807, 2.05) is 13.0 Å². The van der Waals surface area contributed by atoms with Crippen LogP contribution < -0.4 is 0 Å². The van der Waals surface area contributed by atoms with Gasteiger partial charge >= 0.3 is 0 Å². The fraction of sp³-hybridized carbons (Fsp3) is 0.400. The van der Waals surface area contributed by atoms with E-state index in [9.17, 15) is 15.0 Å². The topological polar surface area (TPSA) is 102 Å². The van der Waals surface area contributed by atoms with Crippen molar-refractivity contribution in [2.24, 2.45) is 5.92 Å². The zero-order valence-electron chi connectivity index (χ0n) is 12.2. The van der Waals surface area contributed by atoms with Crippen LogP contribution in [0.1, 0.15) is 21.9 Å². The number of hydrogen-bond donors (Lipinski definition) is 3. The van der Waals surface area contributed by atoms with Crippen LogP contribution in [0.15, 0.2) is 24.4 Å². The molecule has 3 heterocycles. The minimum absolute atomic E-state index is 0.0194. The lowest BCUT2D eigenvalue weighted by atomic mass is 10.0. The molecule has 22 heavy (non-hydrogen) atoms. The summed E-state index contributed by atoms with van der Waals surface area (Å²) in [6.45, 7) is 2.58. The summed E-state index contributed by atoms with van der Waals surface area (Å²) in [5, 5.41) is 26.9. The second-order valence-corrected chi connectivity index (χ2v) is 5.66. The monoisotopic (exact) mass is 302 g/mol. The van der Waals surface area contributed by atoms with E-state index in [2.05, 4.69) is 15.2 Å². The number of nitrogens with zero attached hydrogens (tertiary/aromatic N) is 3. The maximum Gasteiger partial charge on any atom is 0.276 e. The molecule has 2 atom stereocenters. The predicted molar refractivity (Wildman–Crippen MR) is 78.3 cm³/mol. The van der Waals surface area contributed by atoms with E-state index >= 15 is 0 Å². The lowest BCUT2D eigenvalue weighted by molar-refractivity contribution is 0.0755. The van der Waals surface area contributed by atoms with Crippen molar-refractivity contribution in [2.45, 2.75) is 19.4 Å². The molecule has 0 unspecified atom stereocenters. The number of aromatic hydroxyl groups is 1. The highest BCUT2D eigenvalue weighted by Crippen LogP contribution is 2.24. The fourth-order valence-corrected chi connectivity index (χ4v) is 2.78. The van der Waals surface area contributed by atoms with Crippen molar-refractivity contribution in [1.29, 1.82) is 0 Å². The van der Waals surface area contributed by atoms with Crippen LogP contribution in [0.3, 0.4) is 0 Å². The molecule has 116 valence electrons. The smallest absolute Gasteiger partial charge is 0.276 e. The molecular weight excluding hydrogens is 284 g/mol.